The van der Waals surface area contributed by atoms with Gasteiger partial charge in [-0.15, -0.1) is 0 Å². The number of benzene rings is 2. The van der Waals surface area contributed by atoms with E-state index in [1.54, 1.807) is 0 Å². The second-order valence-corrected chi connectivity index (χ2v) is 7.56. The Morgan fingerprint density at radius 3 is 2.52 bits per heavy atom. The van der Waals surface area contributed by atoms with Crippen molar-refractivity contribution in [2.45, 2.75) is 6.18 Å². The van der Waals surface area contributed by atoms with E-state index in [0.29, 0.717) is 22.0 Å². The SMILES string of the molecule is COc1cc(/C=N/N2C(=O)CSC2=S)ccc1Oc1ccc(C(F)(F)F)cc1[N+](=O)[O-]. The predicted octanol–water partition coefficient (Wildman–Crippen LogP) is 4.61. The number of carbonyl (C=O) groups excluding carboxylic acids is 1. The molecule has 0 unspecified atom stereocenters. The van der Waals surface area contributed by atoms with Crippen LogP contribution in [0.5, 0.6) is 17.2 Å². The number of nitro benzene ring substituents is 1. The van der Waals surface area contributed by atoms with Gasteiger partial charge < -0.3 is 9.47 Å². The number of rotatable bonds is 6. The van der Waals surface area contributed by atoms with E-state index in [1.807, 2.05) is 0 Å². The first-order chi connectivity index (χ1) is 14.6. The van der Waals surface area contributed by atoms with Crippen LogP contribution in [0.3, 0.4) is 0 Å². The minimum Gasteiger partial charge on any atom is -0.493 e. The maximum Gasteiger partial charge on any atom is 0.416 e. The van der Waals surface area contributed by atoms with Crippen LogP contribution in [-0.4, -0.2) is 39.2 Å². The van der Waals surface area contributed by atoms with Gasteiger partial charge in [0.1, 0.15) is 0 Å². The number of nitrogens with zero attached hydrogens (tertiary/aromatic N) is 3. The lowest BCUT2D eigenvalue weighted by Gasteiger charge is -2.13. The molecule has 1 aliphatic rings. The van der Waals surface area contributed by atoms with Crippen molar-refractivity contribution in [1.29, 1.82) is 0 Å². The molecule has 0 radical (unpaired) electrons. The van der Waals surface area contributed by atoms with E-state index >= 15 is 0 Å². The lowest BCUT2D eigenvalue weighted by atomic mass is 10.1. The average Bonchev–Trinajstić information content (AvgIpc) is 3.04. The molecule has 8 nitrogen and oxygen atoms in total. The van der Waals surface area contributed by atoms with Gasteiger partial charge in [-0.2, -0.15) is 23.3 Å². The number of halogens is 3. The van der Waals surface area contributed by atoms with Crippen LogP contribution in [0.15, 0.2) is 41.5 Å². The molecular weight excluding hydrogens is 459 g/mol. The summed E-state index contributed by atoms with van der Waals surface area (Å²) < 4.78 is 49.6. The Morgan fingerprint density at radius 2 is 1.94 bits per heavy atom. The normalized spacial score (nSPS) is 14.4. The quantitative estimate of drug-likeness (QED) is 0.263. The molecule has 2 aromatic rings. The van der Waals surface area contributed by atoms with Gasteiger partial charge in [0.15, 0.2) is 15.8 Å². The number of hydrogen-bond acceptors (Lipinski definition) is 8. The molecule has 1 heterocycles. The van der Waals surface area contributed by atoms with E-state index in [4.69, 9.17) is 21.7 Å². The largest absolute Gasteiger partial charge is 0.493 e. The van der Waals surface area contributed by atoms with Crippen LogP contribution in [-0.2, 0) is 11.0 Å². The number of thioether (sulfide) groups is 1. The van der Waals surface area contributed by atoms with Crippen molar-refractivity contribution in [2.24, 2.45) is 5.10 Å². The zero-order chi connectivity index (χ0) is 22.8. The Bertz CT molecular complexity index is 1080. The molecule has 0 atom stereocenters. The number of nitro groups is 1. The molecule has 1 aliphatic heterocycles. The predicted molar refractivity (Wildman–Crippen MR) is 111 cm³/mol. The Kier molecular flexibility index (Phi) is 6.45. The second-order valence-electron chi connectivity index (χ2n) is 5.95. The molecule has 1 fully saturated rings. The monoisotopic (exact) mass is 471 g/mol. The van der Waals surface area contributed by atoms with E-state index in [-0.39, 0.29) is 28.9 Å². The first-order valence-electron chi connectivity index (χ1n) is 8.35. The molecule has 13 heteroatoms. The third-order valence-corrected chi connectivity index (χ3v) is 5.28. The molecule has 0 aliphatic carbocycles. The van der Waals surface area contributed by atoms with E-state index in [2.05, 4.69) is 5.10 Å². The van der Waals surface area contributed by atoms with Crippen molar-refractivity contribution < 1.29 is 32.4 Å². The van der Waals surface area contributed by atoms with E-state index in [9.17, 15) is 28.1 Å². The molecule has 0 bridgehead atoms. The third kappa shape index (κ3) is 5.11. The van der Waals surface area contributed by atoms with Crippen molar-refractivity contribution in [2.75, 3.05) is 12.9 Å². The number of hydrogen-bond donors (Lipinski definition) is 0. The minimum atomic E-state index is -4.74. The first kappa shape index (κ1) is 22.5. The lowest BCUT2D eigenvalue weighted by Crippen LogP contribution is -2.22. The Labute approximate surface area is 182 Å². The first-order valence-corrected chi connectivity index (χ1v) is 9.74. The molecule has 0 spiro atoms. The van der Waals surface area contributed by atoms with Crippen LogP contribution >= 0.6 is 24.0 Å². The zero-order valence-electron chi connectivity index (χ0n) is 15.6. The second kappa shape index (κ2) is 8.89. The summed E-state index contributed by atoms with van der Waals surface area (Å²) in [5.74, 6) is -0.262. The highest BCUT2D eigenvalue weighted by Gasteiger charge is 2.33. The fourth-order valence-electron chi connectivity index (χ4n) is 2.47. The van der Waals surface area contributed by atoms with E-state index < -0.39 is 22.4 Å². The van der Waals surface area contributed by atoms with Crippen molar-refractivity contribution in [3.63, 3.8) is 0 Å². The number of methoxy groups -OCH3 is 1. The highest BCUT2D eigenvalue weighted by Crippen LogP contribution is 2.40. The summed E-state index contributed by atoms with van der Waals surface area (Å²) in [7, 11) is 1.32. The van der Waals surface area contributed by atoms with Crippen molar-refractivity contribution in [1.82, 2.24) is 5.01 Å². The van der Waals surface area contributed by atoms with Crippen molar-refractivity contribution in [3.8, 4) is 17.2 Å². The summed E-state index contributed by atoms with van der Waals surface area (Å²) in [5.41, 5.74) is -1.52. The molecule has 0 N–H and O–H groups in total. The fourth-order valence-corrected chi connectivity index (χ4v) is 3.44. The van der Waals surface area contributed by atoms with Gasteiger partial charge >= 0.3 is 11.9 Å². The molecule has 2 aromatic carbocycles. The number of hydrazone groups is 1. The van der Waals surface area contributed by atoms with Crippen LogP contribution in [0.25, 0.3) is 0 Å². The average molecular weight is 471 g/mol. The number of thiocarbonyl (C=S) groups is 1. The zero-order valence-corrected chi connectivity index (χ0v) is 17.2. The molecular formula is C18H12F3N3O5S2. The third-order valence-electron chi connectivity index (χ3n) is 3.94. The summed E-state index contributed by atoms with van der Waals surface area (Å²) in [6.07, 6.45) is -3.37. The van der Waals surface area contributed by atoms with Gasteiger partial charge in [-0.3, -0.25) is 14.9 Å². The van der Waals surface area contributed by atoms with Gasteiger partial charge in [0, 0.05) is 6.07 Å². The minimum absolute atomic E-state index is 0.0332. The lowest BCUT2D eigenvalue weighted by molar-refractivity contribution is -0.385. The van der Waals surface area contributed by atoms with Gasteiger partial charge in [0.05, 0.1) is 29.6 Å². The van der Waals surface area contributed by atoms with Crippen LogP contribution in [0.1, 0.15) is 11.1 Å². The topological polar surface area (TPSA) is 94.3 Å². The highest BCUT2D eigenvalue weighted by molar-refractivity contribution is 8.23. The standard InChI is InChI=1S/C18H12F3N3O5S2/c1-28-15-6-10(8-22-23-16(25)9-31-17(23)30)2-4-14(15)29-13-5-3-11(18(19,20)21)7-12(13)24(26)27/h2-8H,9H2,1H3/b22-8+. The molecule has 162 valence electrons. The van der Waals surface area contributed by atoms with E-state index in [1.165, 1.54) is 43.3 Å². The van der Waals surface area contributed by atoms with Gasteiger partial charge in [-0.1, -0.05) is 24.0 Å². The fraction of sp³-hybridized carbons (Fsp3) is 0.167. The summed E-state index contributed by atoms with van der Waals surface area (Å²) in [5, 5.41) is 16.3. The highest BCUT2D eigenvalue weighted by atomic mass is 32.2. The van der Waals surface area contributed by atoms with Crippen molar-refractivity contribution in [3.05, 3.63) is 57.6 Å². The molecule has 0 aromatic heterocycles. The molecule has 31 heavy (non-hydrogen) atoms. The number of alkyl halides is 3. The van der Waals surface area contributed by atoms with Crippen LogP contribution in [0, 0.1) is 10.1 Å². The van der Waals surface area contributed by atoms with Crippen LogP contribution < -0.4 is 9.47 Å². The number of carbonyl (C=O) groups is 1. The number of amides is 1. The van der Waals surface area contributed by atoms with Crippen LogP contribution in [0.2, 0.25) is 0 Å². The molecule has 0 saturated carbocycles. The van der Waals surface area contributed by atoms with E-state index in [0.717, 1.165) is 11.1 Å². The van der Waals surface area contributed by atoms with Gasteiger partial charge in [0.25, 0.3) is 5.91 Å². The van der Waals surface area contributed by atoms with Crippen molar-refractivity contribution >= 4 is 46.1 Å². The molecule has 1 amide bonds. The summed E-state index contributed by atoms with van der Waals surface area (Å²) in [6.45, 7) is 0. The van der Waals surface area contributed by atoms with Gasteiger partial charge in [-0.05, 0) is 35.9 Å². The Morgan fingerprint density at radius 1 is 1.23 bits per heavy atom. The molecule has 1 saturated heterocycles. The maximum atomic E-state index is 12.9. The summed E-state index contributed by atoms with van der Waals surface area (Å²) >= 11 is 6.21. The van der Waals surface area contributed by atoms with Crippen LogP contribution in [0.4, 0.5) is 18.9 Å². The summed E-state index contributed by atoms with van der Waals surface area (Å²) in [6, 6.07) is 6.36. The van der Waals surface area contributed by atoms with Gasteiger partial charge in [0.2, 0.25) is 5.75 Å². The van der Waals surface area contributed by atoms with Gasteiger partial charge in [-0.25, -0.2) is 0 Å². The molecule has 3 rings (SSSR count). The maximum absolute atomic E-state index is 12.9. The summed E-state index contributed by atoms with van der Waals surface area (Å²) in [4.78, 5) is 22.0. The Hall–Kier alpha value is -3.19. The smallest absolute Gasteiger partial charge is 0.416 e. The number of ether oxygens (including phenoxy) is 2. The Balaban J connectivity index is 1.88.